The average Bonchev–Trinajstić information content (AvgIpc) is 2.54. The van der Waals surface area contributed by atoms with Gasteiger partial charge >= 0.3 is 0 Å². The summed E-state index contributed by atoms with van der Waals surface area (Å²) in [7, 11) is 0. The number of aromatic nitrogens is 1. The summed E-state index contributed by atoms with van der Waals surface area (Å²) in [4.78, 5) is 4.93. The summed E-state index contributed by atoms with van der Waals surface area (Å²) in [6.07, 6.45) is 7.92. The van der Waals surface area contributed by atoms with E-state index in [2.05, 4.69) is 39.1 Å². The zero-order valence-electron chi connectivity index (χ0n) is 16.1. The quantitative estimate of drug-likeness (QED) is 0.859. The van der Waals surface area contributed by atoms with Crippen LogP contribution in [0.15, 0.2) is 0 Å². The SMILES string of the molecule is CC(C)Cc1c(C#N)c(NC2CCCCC2)nc2c1COC(C)(C)C2. The Morgan fingerprint density at radius 2 is 2.00 bits per heavy atom. The molecular weight excluding hydrogens is 310 g/mol. The molecule has 2 aliphatic rings. The van der Waals surface area contributed by atoms with Crippen molar-refractivity contribution in [3.05, 3.63) is 22.4 Å². The molecule has 2 heterocycles. The van der Waals surface area contributed by atoms with Crippen LogP contribution in [-0.2, 0) is 24.2 Å². The minimum Gasteiger partial charge on any atom is -0.370 e. The van der Waals surface area contributed by atoms with Crippen LogP contribution in [0.2, 0.25) is 0 Å². The minimum absolute atomic E-state index is 0.189. The van der Waals surface area contributed by atoms with Crippen molar-refractivity contribution in [2.24, 2.45) is 5.92 Å². The van der Waals surface area contributed by atoms with Crippen molar-refractivity contribution in [3.8, 4) is 6.07 Å². The maximum atomic E-state index is 9.88. The predicted molar refractivity (Wildman–Crippen MR) is 101 cm³/mol. The number of hydrogen-bond acceptors (Lipinski definition) is 4. The molecule has 0 radical (unpaired) electrons. The molecule has 1 aromatic rings. The van der Waals surface area contributed by atoms with Crippen molar-refractivity contribution in [1.82, 2.24) is 4.98 Å². The van der Waals surface area contributed by atoms with Crippen molar-refractivity contribution in [3.63, 3.8) is 0 Å². The second-order valence-electron chi connectivity index (χ2n) is 8.65. The Labute approximate surface area is 152 Å². The monoisotopic (exact) mass is 341 g/mol. The van der Waals surface area contributed by atoms with Crippen LogP contribution in [0.4, 0.5) is 5.82 Å². The zero-order valence-corrected chi connectivity index (χ0v) is 16.1. The summed E-state index contributed by atoms with van der Waals surface area (Å²) in [5, 5.41) is 13.5. The Hall–Kier alpha value is -1.60. The second-order valence-corrected chi connectivity index (χ2v) is 8.65. The number of anilines is 1. The van der Waals surface area contributed by atoms with Gasteiger partial charge in [0.25, 0.3) is 0 Å². The van der Waals surface area contributed by atoms with Crippen LogP contribution in [-0.4, -0.2) is 16.6 Å². The highest BCUT2D eigenvalue weighted by atomic mass is 16.5. The third kappa shape index (κ3) is 4.15. The van der Waals surface area contributed by atoms with Crippen molar-refractivity contribution in [2.45, 2.75) is 90.9 Å². The topological polar surface area (TPSA) is 57.9 Å². The van der Waals surface area contributed by atoms with E-state index >= 15 is 0 Å². The van der Waals surface area contributed by atoms with E-state index in [1.54, 1.807) is 0 Å². The van der Waals surface area contributed by atoms with Gasteiger partial charge in [-0.25, -0.2) is 4.98 Å². The highest BCUT2D eigenvalue weighted by Crippen LogP contribution is 2.35. The van der Waals surface area contributed by atoms with E-state index in [-0.39, 0.29) is 5.60 Å². The van der Waals surface area contributed by atoms with E-state index in [4.69, 9.17) is 9.72 Å². The molecule has 0 amide bonds. The third-order valence-corrected chi connectivity index (χ3v) is 5.37. The van der Waals surface area contributed by atoms with Gasteiger partial charge in [0, 0.05) is 18.0 Å². The van der Waals surface area contributed by atoms with Crippen LogP contribution in [0.3, 0.4) is 0 Å². The fraction of sp³-hybridized carbons (Fsp3) is 0.714. The van der Waals surface area contributed by atoms with Crippen molar-refractivity contribution < 1.29 is 4.74 Å². The first kappa shape index (κ1) is 18.2. The predicted octanol–water partition coefficient (Wildman–Crippen LogP) is 4.75. The first-order valence-corrected chi connectivity index (χ1v) is 9.75. The lowest BCUT2D eigenvalue weighted by atomic mass is 9.88. The molecule has 4 nitrogen and oxygen atoms in total. The molecule has 0 bridgehead atoms. The van der Waals surface area contributed by atoms with Gasteiger partial charge in [0.15, 0.2) is 0 Å². The Kier molecular flexibility index (Phi) is 5.34. The first-order valence-electron chi connectivity index (χ1n) is 9.75. The molecule has 1 aliphatic carbocycles. The van der Waals surface area contributed by atoms with Crippen molar-refractivity contribution >= 4 is 5.82 Å². The van der Waals surface area contributed by atoms with Gasteiger partial charge in [-0.2, -0.15) is 5.26 Å². The molecular formula is C21H31N3O. The van der Waals surface area contributed by atoms with Crippen LogP contribution in [0, 0.1) is 17.2 Å². The van der Waals surface area contributed by atoms with Gasteiger partial charge in [-0.05, 0) is 44.6 Å². The molecule has 1 aliphatic heterocycles. The number of rotatable bonds is 4. The Morgan fingerprint density at radius 1 is 1.28 bits per heavy atom. The van der Waals surface area contributed by atoms with Crippen LogP contribution < -0.4 is 5.32 Å². The fourth-order valence-corrected chi connectivity index (χ4v) is 4.06. The summed E-state index contributed by atoms with van der Waals surface area (Å²) in [6, 6.07) is 2.90. The molecule has 0 saturated heterocycles. The normalized spacial score (nSPS) is 20.2. The number of ether oxygens (including phenoxy) is 1. The molecule has 1 saturated carbocycles. The molecule has 3 rings (SSSR count). The lowest BCUT2D eigenvalue weighted by molar-refractivity contribution is -0.0416. The van der Waals surface area contributed by atoms with Gasteiger partial charge in [0.05, 0.1) is 23.5 Å². The molecule has 0 unspecified atom stereocenters. The lowest BCUT2D eigenvalue weighted by Crippen LogP contribution is -2.34. The molecule has 0 atom stereocenters. The Morgan fingerprint density at radius 3 is 2.64 bits per heavy atom. The van der Waals surface area contributed by atoms with Gasteiger partial charge in [-0.15, -0.1) is 0 Å². The highest BCUT2D eigenvalue weighted by Gasteiger charge is 2.31. The fourth-order valence-electron chi connectivity index (χ4n) is 4.06. The van der Waals surface area contributed by atoms with E-state index < -0.39 is 0 Å². The molecule has 1 aromatic heterocycles. The molecule has 1 N–H and O–H groups in total. The van der Waals surface area contributed by atoms with Crippen LogP contribution in [0.1, 0.15) is 82.2 Å². The number of nitriles is 1. The van der Waals surface area contributed by atoms with E-state index in [0.29, 0.717) is 18.6 Å². The van der Waals surface area contributed by atoms with Gasteiger partial charge in [0.1, 0.15) is 11.9 Å². The summed E-state index contributed by atoms with van der Waals surface area (Å²) in [6.45, 7) is 9.21. The third-order valence-electron chi connectivity index (χ3n) is 5.37. The van der Waals surface area contributed by atoms with Crippen molar-refractivity contribution in [1.29, 1.82) is 5.26 Å². The Bertz CT molecular complexity index is 667. The van der Waals surface area contributed by atoms with E-state index in [1.807, 2.05) is 0 Å². The summed E-state index contributed by atoms with van der Waals surface area (Å²) < 4.78 is 6.03. The molecule has 4 heteroatoms. The Balaban J connectivity index is 2.02. The molecule has 0 spiro atoms. The highest BCUT2D eigenvalue weighted by molar-refractivity contribution is 5.60. The minimum atomic E-state index is -0.189. The van der Waals surface area contributed by atoms with Crippen LogP contribution in [0.5, 0.6) is 0 Å². The number of fused-ring (bicyclic) bond motifs is 1. The first-order chi connectivity index (χ1) is 11.9. The maximum absolute atomic E-state index is 9.88. The van der Waals surface area contributed by atoms with Crippen LogP contribution >= 0.6 is 0 Å². The zero-order chi connectivity index (χ0) is 18.0. The van der Waals surface area contributed by atoms with Gasteiger partial charge < -0.3 is 10.1 Å². The number of nitrogens with one attached hydrogen (secondary N) is 1. The van der Waals surface area contributed by atoms with Gasteiger partial charge in [0.2, 0.25) is 0 Å². The van der Waals surface area contributed by atoms with Gasteiger partial charge in [-0.3, -0.25) is 0 Å². The average molecular weight is 341 g/mol. The van der Waals surface area contributed by atoms with E-state index in [1.165, 1.54) is 32.1 Å². The molecule has 136 valence electrons. The molecule has 25 heavy (non-hydrogen) atoms. The van der Waals surface area contributed by atoms with Gasteiger partial charge in [-0.1, -0.05) is 33.1 Å². The summed E-state index contributed by atoms with van der Waals surface area (Å²) in [5.41, 5.74) is 3.96. The molecule has 0 aromatic carbocycles. The van der Waals surface area contributed by atoms with E-state index in [9.17, 15) is 5.26 Å². The maximum Gasteiger partial charge on any atom is 0.144 e. The number of pyridine rings is 1. The van der Waals surface area contributed by atoms with Crippen molar-refractivity contribution in [2.75, 3.05) is 5.32 Å². The summed E-state index contributed by atoms with van der Waals surface area (Å²) in [5.74, 6) is 1.30. The van der Waals surface area contributed by atoms with E-state index in [0.717, 1.165) is 41.0 Å². The number of nitrogens with zero attached hydrogens (tertiary/aromatic N) is 2. The molecule has 1 fully saturated rings. The number of hydrogen-bond donors (Lipinski definition) is 1. The standard InChI is InChI=1S/C21H31N3O/c1-14(2)10-16-17(12-22)20(23-15-8-6-5-7-9-15)24-19-11-21(3,4)25-13-18(16)19/h14-15H,5-11,13H2,1-4H3,(H,23,24). The smallest absolute Gasteiger partial charge is 0.144 e. The second kappa shape index (κ2) is 7.33. The lowest BCUT2D eigenvalue weighted by Gasteiger charge is -2.34. The largest absolute Gasteiger partial charge is 0.370 e. The summed E-state index contributed by atoms with van der Waals surface area (Å²) >= 11 is 0. The van der Waals surface area contributed by atoms with Crippen LogP contribution in [0.25, 0.3) is 0 Å².